The SMILES string of the molecule is CC(C)(C#N)CCCCSc1ccc(C(C)(C)C)cc1. The van der Waals surface area contributed by atoms with Gasteiger partial charge >= 0.3 is 0 Å². The Labute approximate surface area is 128 Å². The first-order valence-electron chi connectivity index (χ1n) is 7.39. The molecule has 110 valence electrons. The van der Waals surface area contributed by atoms with Crippen molar-refractivity contribution in [3.8, 4) is 6.07 Å². The van der Waals surface area contributed by atoms with E-state index in [4.69, 9.17) is 5.26 Å². The minimum Gasteiger partial charge on any atom is -0.198 e. The summed E-state index contributed by atoms with van der Waals surface area (Å²) in [6, 6.07) is 11.3. The maximum Gasteiger partial charge on any atom is 0.0683 e. The Kier molecular flexibility index (Phi) is 6.14. The van der Waals surface area contributed by atoms with E-state index in [1.807, 2.05) is 25.6 Å². The van der Waals surface area contributed by atoms with Gasteiger partial charge in [0.1, 0.15) is 0 Å². The predicted octanol–water partition coefficient (Wildman–Crippen LogP) is 5.80. The smallest absolute Gasteiger partial charge is 0.0683 e. The molecule has 0 aliphatic carbocycles. The average Bonchev–Trinajstić information content (AvgIpc) is 2.38. The second-order valence-corrected chi connectivity index (χ2v) is 8.24. The zero-order valence-electron chi connectivity index (χ0n) is 13.5. The van der Waals surface area contributed by atoms with Crippen molar-refractivity contribution in [2.45, 2.75) is 64.2 Å². The van der Waals surface area contributed by atoms with Crippen LogP contribution >= 0.6 is 11.8 Å². The fourth-order valence-corrected chi connectivity index (χ4v) is 2.88. The summed E-state index contributed by atoms with van der Waals surface area (Å²) in [4.78, 5) is 1.34. The van der Waals surface area contributed by atoms with Gasteiger partial charge in [0, 0.05) is 4.90 Å². The fourth-order valence-electron chi connectivity index (χ4n) is 1.97. The van der Waals surface area contributed by atoms with Gasteiger partial charge in [0.25, 0.3) is 0 Å². The van der Waals surface area contributed by atoms with Crippen molar-refractivity contribution >= 4 is 11.8 Å². The summed E-state index contributed by atoms with van der Waals surface area (Å²) in [6.45, 7) is 10.8. The molecule has 0 bridgehead atoms. The molecule has 0 heterocycles. The van der Waals surface area contributed by atoms with Crippen LogP contribution in [0, 0.1) is 16.7 Å². The summed E-state index contributed by atoms with van der Waals surface area (Å²) < 4.78 is 0. The summed E-state index contributed by atoms with van der Waals surface area (Å²) in [7, 11) is 0. The van der Waals surface area contributed by atoms with Gasteiger partial charge in [-0.2, -0.15) is 5.26 Å². The number of hydrogen-bond acceptors (Lipinski definition) is 2. The maximum atomic E-state index is 8.97. The fraction of sp³-hybridized carbons (Fsp3) is 0.611. The molecule has 0 N–H and O–H groups in total. The van der Waals surface area contributed by atoms with Crippen molar-refractivity contribution in [1.82, 2.24) is 0 Å². The summed E-state index contributed by atoms with van der Waals surface area (Å²) in [5, 5.41) is 8.97. The third-order valence-electron chi connectivity index (χ3n) is 3.49. The molecule has 1 nitrogen and oxygen atoms in total. The third kappa shape index (κ3) is 6.01. The van der Waals surface area contributed by atoms with E-state index in [2.05, 4.69) is 51.1 Å². The topological polar surface area (TPSA) is 23.8 Å². The monoisotopic (exact) mass is 289 g/mol. The molecule has 1 aromatic carbocycles. The van der Waals surface area contributed by atoms with Crippen LogP contribution in [0.2, 0.25) is 0 Å². The van der Waals surface area contributed by atoms with Gasteiger partial charge in [-0.3, -0.25) is 0 Å². The molecular weight excluding hydrogens is 262 g/mol. The number of hydrogen-bond donors (Lipinski definition) is 0. The van der Waals surface area contributed by atoms with Crippen LogP contribution in [0.1, 0.15) is 59.4 Å². The summed E-state index contributed by atoms with van der Waals surface area (Å²) in [6.07, 6.45) is 3.30. The lowest BCUT2D eigenvalue weighted by Gasteiger charge is -2.19. The van der Waals surface area contributed by atoms with Crippen molar-refractivity contribution in [3.05, 3.63) is 29.8 Å². The first-order chi connectivity index (χ1) is 9.24. The number of thioether (sulfide) groups is 1. The highest BCUT2D eigenvalue weighted by atomic mass is 32.2. The molecule has 0 aliphatic rings. The van der Waals surface area contributed by atoms with Crippen molar-refractivity contribution in [2.24, 2.45) is 5.41 Å². The molecule has 0 spiro atoms. The van der Waals surface area contributed by atoms with Gasteiger partial charge in [0.05, 0.1) is 11.5 Å². The standard InChI is InChI=1S/C18H27NS/c1-17(2,3)15-8-10-16(11-9-15)20-13-7-6-12-18(4,5)14-19/h8-11H,6-7,12-13H2,1-5H3. The highest BCUT2D eigenvalue weighted by Gasteiger charge is 2.15. The van der Waals surface area contributed by atoms with Crippen LogP contribution < -0.4 is 0 Å². The van der Waals surface area contributed by atoms with E-state index in [0.29, 0.717) is 0 Å². The minimum atomic E-state index is -0.168. The van der Waals surface area contributed by atoms with Crippen LogP contribution in [0.4, 0.5) is 0 Å². The van der Waals surface area contributed by atoms with Gasteiger partial charge in [-0.25, -0.2) is 0 Å². The Morgan fingerprint density at radius 1 is 1.00 bits per heavy atom. The lowest BCUT2D eigenvalue weighted by atomic mass is 9.87. The number of nitriles is 1. The van der Waals surface area contributed by atoms with Gasteiger partial charge in [0.15, 0.2) is 0 Å². The molecule has 0 saturated heterocycles. The molecule has 20 heavy (non-hydrogen) atoms. The van der Waals surface area contributed by atoms with E-state index in [1.165, 1.54) is 16.9 Å². The van der Waals surface area contributed by atoms with E-state index >= 15 is 0 Å². The van der Waals surface area contributed by atoms with Crippen LogP contribution in [0.15, 0.2) is 29.2 Å². The molecule has 0 saturated carbocycles. The second kappa shape index (κ2) is 7.18. The number of benzene rings is 1. The highest BCUT2D eigenvalue weighted by molar-refractivity contribution is 7.99. The van der Waals surface area contributed by atoms with Crippen molar-refractivity contribution < 1.29 is 0 Å². The maximum absolute atomic E-state index is 8.97. The van der Waals surface area contributed by atoms with Gasteiger partial charge in [0.2, 0.25) is 0 Å². The summed E-state index contributed by atoms with van der Waals surface area (Å²) in [5.41, 5.74) is 1.45. The third-order valence-corrected chi connectivity index (χ3v) is 4.59. The Hall–Kier alpha value is -0.940. The summed E-state index contributed by atoms with van der Waals surface area (Å²) in [5.74, 6) is 1.14. The number of rotatable bonds is 6. The van der Waals surface area contributed by atoms with Crippen LogP contribution in [0.25, 0.3) is 0 Å². The average molecular weight is 289 g/mol. The van der Waals surface area contributed by atoms with E-state index in [9.17, 15) is 0 Å². The molecule has 0 aliphatic heterocycles. The predicted molar refractivity (Wildman–Crippen MR) is 89.1 cm³/mol. The Morgan fingerprint density at radius 2 is 1.60 bits per heavy atom. The summed E-state index contributed by atoms with van der Waals surface area (Å²) >= 11 is 1.92. The number of unbranched alkanes of at least 4 members (excludes halogenated alkanes) is 1. The van der Waals surface area contributed by atoms with Crippen LogP contribution in [-0.2, 0) is 5.41 Å². The zero-order chi connectivity index (χ0) is 15.2. The largest absolute Gasteiger partial charge is 0.198 e. The van der Waals surface area contributed by atoms with Gasteiger partial charge in [-0.15, -0.1) is 11.8 Å². The molecular formula is C18H27NS. The molecule has 0 amide bonds. The van der Waals surface area contributed by atoms with E-state index in [1.54, 1.807) is 0 Å². The van der Waals surface area contributed by atoms with E-state index in [-0.39, 0.29) is 10.8 Å². The molecule has 0 radical (unpaired) electrons. The lowest BCUT2D eigenvalue weighted by molar-refractivity contribution is 0.433. The molecule has 1 aromatic rings. The van der Waals surface area contributed by atoms with Crippen molar-refractivity contribution in [2.75, 3.05) is 5.75 Å². The van der Waals surface area contributed by atoms with Gasteiger partial charge < -0.3 is 0 Å². The lowest BCUT2D eigenvalue weighted by Crippen LogP contribution is -2.10. The first kappa shape index (κ1) is 17.1. The van der Waals surface area contributed by atoms with Gasteiger partial charge in [-0.05, 0) is 55.6 Å². The molecule has 1 rings (SSSR count). The normalized spacial score (nSPS) is 12.2. The molecule has 0 aromatic heterocycles. The first-order valence-corrected chi connectivity index (χ1v) is 8.38. The zero-order valence-corrected chi connectivity index (χ0v) is 14.3. The van der Waals surface area contributed by atoms with Crippen LogP contribution in [0.5, 0.6) is 0 Å². The van der Waals surface area contributed by atoms with Gasteiger partial charge in [-0.1, -0.05) is 39.3 Å². The molecule has 0 unspecified atom stereocenters. The minimum absolute atomic E-state index is 0.168. The molecule has 2 heteroatoms. The van der Waals surface area contributed by atoms with Crippen molar-refractivity contribution in [3.63, 3.8) is 0 Å². The van der Waals surface area contributed by atoms with E-state index < -0.39 is 0 Å². The van der Waals surface area contributed by atoms with Crippen LogP contribution in [0.3, 0.4) is 0 Å². The molecule has 0 atom stereocenters. The van der Waals surface area contributed by atoms with E-state index in [0.717, 1.165) is 18.6 Å². The van der Waals surface area contributed by atoms with Crippen LogP contribution in [-0.4, -0.2) is 5.75 Å². The Bertz CT molecular complexity index is 446. The van der Waals surface area contributed by atoms with Crippen molar-refractivity contribution in [1.29, 1.82) is 5.26 Å². The quantitative estimate of drug-likeness (QED) is 0.488. The molecule has 0 fully saturated rings. The Morgan fingerprint density at radius 3 is 2.10 bits per heavy atom. The second-order valence-electron chi connectivity index (χ2n) is 7.08. The Balaban J connectivity index is 2.32. The highest BCUT2D eigenvalue weighted by Crippen LogP contribution is 2.27. The number of nitrogens with zero attached hydrogens (tertiary/aromatic N) is 1.